The summed E-state index contributed by atoms with van der Waals surface area (Å²) in [6.07, 6.45) is 8.62. The quantitative estimate of drug-likeness (QED) is 0.140. The molecule has 0 unspecified atom stereocenters. The van der Waals surface area contributed by atoms with E-state index in [2.05, 4.69) is 248 Å². The van der Waals surface area contributed by atoms with Gasteiger partial charge in [0, 0.05) is 17.1 Å². The van der Waals surface area contributed by atoms with Crippen LogP contribution in [0.5, 0.6) is 0 Å². The van der Waals surface area contributed by atoms with Gasteiger partial charge in [-0.05, 0) is 181 Å². The standard InChI is InChI=1S/C69H55N/c1-4-15-52(16-5-1)61-26-13-17-53-18-14-27-62(67(53)61)54-19-12-24-59(42-54)70(58-35-31-51(32-36-58)50-29-33-55(34-30-50)68-44-47-39-48(45-68)41-49(40-47)46-68)60-37-38-66-64(43-60)63-25-10-11-28-65(63)69(66,56-20-6-2-7-21-56)57-22-8-3-9-23-57/h1-38,42-43,47-49H,39-41,44-46H2. The van der Waals surface area contributed by atoms with E-state index in [0.29, 0.717) is 5.41 Å². The molecule has 336 valence electrons. The van der Waals surface area contributed by atoms with Crippen molar-refractivity contribution in [1.29, 1.82) is 0 Å². The van der Waals surface area contributed by atoms with E-state index >= 15 is 0 Å². The summed E-state index contributed by atoms with van der Waals surface area (Å²) in [6, 6.07) is 91.1. The lowest BCUT2D eigenvalue weighted by Crippen LogP contribution is -2.48. The number of benzene rings is 10. The normalized spacial score (nSPS) is 20.3. The summed E-state index contributed by atoms with van der Waals surface area (Å²) in [7, 11) is 0. The Morgan fingerprint density at radius 2 is 0.800 bits per heavy atom. The first-order valence-electron chi connectivity index (χ1n) is 25.7. The van der Waals surface area contributed by atoms with Gasteiger partial charge >= 0.3 is 0 Å². The van der Waals surface area contributed by atoms with Crippen molar-refractivity contribution in [2.24, 2.45) is 17.8 Å². The van der Waals surface area contributed by atoms with Crippen LogP contribution in [-0.4, -0.2) is 0 Å². The molecule has 1 nitrogen and oxygen atoms in total. The molecule has 0 radical (unpaired) electrons. The minimum atomic E-state index is -0.463. The molecular formula is C69H55N. The highest BCUT2D eigenvalue weighted by Crippen LogP contribution is 2.61. The fourth-order valence-corrected chi connectivity index (χ4v) is 14.6. The minimum Gasteiger partial charge on any atom is -0.310 e. The van der Waals surface area contributed by atoms with E-state index in [1.54, 1.807) is 5.56 Å². The lowest BCUT2D eigenvalue weighted by atomic mass is 9.48. The summed E-state index contributed by atoms with van der Waals surface area (Å²) in [6.45, 7) is 0. The summed E-state index contributed by atoms with van der Waals surface area (Å²) in [5, 5.41) is 2.51. The SMILES string of the molecule is c1ccc(-c2cccc3cccc(-c4cccc(N(c5ccc(-c6ccc(C78CC9CC(CC(C9)C7)C8)cc6)cc5)c5ccc6c(c5)-c5ccccc5C6(c5ccccc5)c5ccccc5)c4)c23)cc1. The van der Waals surface area contributed by atoms with Gasteiger partial charge in [-0.25, -0.2) is 0 Å². The van der Waals surface area contributed by atoms with Crippen LogP contribution in [0.4, 0.5) is 17.1 Å². The summed E-state index contributed by atoms with van der Waals surface area (Å²) in [5.74, 6) is 2.82. The molecule has 15 rings (SSSR count). The van der Waals surface area contributed by atoms with Crippen LogP contribution in [0.1, 0.15) is 66.3 Å². The van der Waals surface area contributed by atoms with Crippen LogP contribution in [0, 0.1) is 17.8 Å². The molecule has 10 aromatic rings. The Hall–Kier alpha value is -7.74. The number of fused-ring (bicyclic) bond motifs is 4. The summed E-state index contributed by atoms with van der Waals surface area (Å²) < 4.78 is 0. The van der Waals surface area contributed by atoms with Gasteiger partial charge in [0.2, 0.25) is 0 Å². The topological polar surface area (TPSA) is 3.24 Å². The van der Waals surface area contributed by atoms with Gasteiger partial charge in [0.25, 0.3) is 0 Å². The van der Waals surface area contributed by atoms with E-state index in [9.17, 15) is 0 Å². The zero-order chi connectivity index (χ0) is 46.2. The zero-order valence-electron chi connectivity index (χ0n) is 39.5. The third-order valence-electron chi connectivity index (χ3n) is 17.1. The van der Waals surface area contributed by atoms with Gasteiger partial charge in [-0.3, -0.25) is 0 Å². The molecule has 4 saturated carbocycles. The van der Waals surface area contributed by atoms with Crippen molar-refractivity contribution in [2.45, 2.75) is 49.4 Å². The van der Waals surface area contributed by atoms with Crippen LogP contribution in [0.25, 0.3) is 55.3 Å². The number of rotatable bonds is 9. The van der Waals surface area contributed by atoms with Crippen LogP contribution in [-0.2, 0) is 10.8 Å². The second-order valence-corrected chi connectivity index (χ2v) is 21.0. The van der Waals surface area contributed by atoms with Gasteiger partial charge in [0.05, 0.1) is 5.41 Å². The van der Waals surface area contributed by atoms with Crippen molar-refractivity contribution in [3.63, 3.8) is 0 Å². The second kappa shape index (κ2) is 16.5. The Kier molecular flexibility index (Phi) is 9.70. The molecule has 5 aliphatic rings. The average Bonchev–Trinajstić information content (AvgIpc) is 3.72. The molecular weight excluding hydrogens is 843 g/mol. The van der Waals surface area contributed by atoms with Crippen LogP contribution >= 0.6 is 0 Å². The molecule has 10 aromatic carbocycles. The van der Waals surface area contributed by atoms with Crippen LogP contribution in [0.15, 0.2) is 243 Å². The lowest BCUT2D eigenvalue weighted by molar-refractivity contribution is -0.00518. The van der Waals surface area contributed by atoms with Gasteiger partial charge in [-0.1, -0.05) is 206 Å². The van der Waals surface area contributed by atoms with E-state index in [0.717, 1.165) is 34.8 Å². The van der Waals surface area contributed by atoms with E-state index in [1.165, 1.54) is 116 Å². The maximum atomic E-state index is 2.48. The highest BCUT2D eigenvalue weighted by atomic mass is 15.1. The lowest BCUT2D eigenvalue weighted by Gasteiger charge is -2.57. The average molecular weight is 898 g/mol. The molecule has 1 heteroatoms. The van der Waals surface area contributed by atoms with Gasteiger partial charge in [-0.15, -0.1) is 0 Å². The van der Waals surface area contributed by atoms with E-state index in [1.807, 2.05) is 0 Å². The molecule has 5 aliphatic carbocycles. The molecule has 0 saturated heterocycles. The Bertz CT molecular complexity index is 3470. The van der Waals surface area contributed by atoms with Crippen molar-refractivity contribution in [2.75, 3.05) is 4.90 Å². The van der Waals surface area contributed by atoms with Gasteiger partial charge in [0.1, 0.15) is 0 Å². The van der Waals surface area contributed by atoms with Crippen molar-refractivity contribution in [1.82, 2.24) is 0 Å². The summed E-state index contributed by atoms with van der Waals surface area (Å²) >= 11 is 0. The van der Waals surface area contributed by atoms with E-state index in [4.69, 9.17) is 0 Å². The monoisotopic (exact) mass is 897 g/mol. The number of hydrogen-bond acceptors (Lipinski definition) is 1. The third kappa shape index (κ3) is 6.59. The molecule has 0 heterocycles. The predicted molar refractivity (Wildman–Crippen MR) is 292 cm³/mol. The fourth-order valence-electron chi connectivity index (χ4n) is 14.6. The molecule has 70 heavy (non-hydrogen) atoms. The van der Waals surface area contributed by atoms with Gasteiger partial charge in [0.15, 0.2) is 0 Å². The minimum absolute atomic E-state index is 0.402. The van der Waals surface area contributed by atoms with Crippen molar-refractivity contribution < 1.29 is 0 Å². The maximum Gasteiger partial charge on any atom is 0.0713 e. The van der Waals surface area contributed by atoms with Crippen molar-refractivity contribution >= 4 is 27.8 Å². The van der Waals surface area contributed by atoms with Gasteiger partial charge in [-0.2, -0.15) is 0 Å². The highest BCUT2D eigenvalue weighted by Gasteiger charge is 2.51. The smallest absolute Gasteiger partial charge is 0.0713 e. The van der Waals surface area contributed by atoms with Gasteiger partial charge < -0.3 is 4.90 Å². The number of anilines is 3. The number of nitrogens with zero attached hydrogens (tertiary/aromatic N) is 1. The first-order chi connectivity index (χ1) is 34.6. The molecule has 4 bridgehead atoms. The van der Waals surface area contributed by atoms with Crippen LogP contribution in [0.3, 0.4) is 0 Å². The Morgan fingerprint density at radius 1 is 0.314 bits per heavy atom. The molecule has 0 amide bonds. The van der Waals surface area contributed by atoms with Crippen LogP contribution in [0.2, 0.25) is 0 Å². The largest absolute Gasteiger partial charge is 0.310 e. The summed E-state index contributed by atoms with van der Waals surface area (Å²) in [4.78, 5) is 2.47. The van der Waals surface area contributed by atoms with E-state index in [-0.39, 0.29) is 0 Å². The third-order valence-corrected chi connectivity index (χ3v) is 17.1. The second-order valence-electron chi connectivity index (χ2n) is 21.0. The fraction of sp³-hybridized carbons (Fsp3) is 0.159. The number of hydrogen-bond donors (Lipinski definition) is 0. The Balaban J connectivity index is 0.910. The van der Waals surface area contributed by atoms with E-state index < -0.39 is 5.41 Å². The Labute approximate surface area is 412 Å². The van der Waals surface area contributed by atoms with Crippen LogP contribution < -0.4 is 4.90 Å². The molecule has 0 aromatic heterocycles. The molecule has 0 N–H and O–H groups in total. The predicted octanol–water partition coefficient (Wildman–Crippen LogP) is 18.1. The summed E-state index contributed by atoms with van der Waals surface area (Å²) in [5.41, 5.74) is 20.0. The Morgan fingerprint density at radius 3 is 1.44 bits per heavy atom. The molecule has 4 fully saturated rings. The molecule has 0 atom stereocenters. The first-order valence-corrected chi connectivity index (χ1v) is 25.7. The first kappa shape index (κ1) is 41.3. The molecule has 0 spiro atoms. The zero-order valence-corrected chi connectivity index (χ0v) is 39.5. The highest BCUT2D eigenvalue weighted by molar-refractivity contribution is 6.07. The molecule has 0 aliphatic heterocycles. The van der Waals surface area contributed by atoms with Crippen molar-refractivity contribution in [3.05, 3.63) is 270 Å². The van der Waals surface area contributed by atoms with Crippen molar-refractivity contribution in [3.8, 4) is 44.5 Å². The maximum absolute atomic E-state index is 2.48.